The van der Waals surface area contributed by atoms with Crippen molar-refractivity contribution in [1.29, 1.82) is 5.41 Å². The van der Waals surface area contributed by atoms with Crippen LogP contribution < -0.4 is 15.4 Å². The maximum absolute atomic E-state index is 13.0. The summed E-state index contributed by atoms with van der Waals surface area (Å²) in [6, 6.07) is 12.6. The van der Waals surface area contributed by atoms with Gasteiger partial charge in [-0.25, -0.2) is 0 Å². The first-order valence-electron chi connectivity index (χ1n) is 9.90. The molecule has 0 atom stereocenters. The van der Waals surface area contributed by atoms with Crippen molar-refractivity contribution in [2.75, 3.05) is 4.90 Å². The van der Waals surface area contributed by atoms with E-state index in [2.05, 4.69) is 4.74 Å². The number of thioether (sulfide) groups is 1. The van der Waals surface area contributed by atoms with Gasteiger partial charge in [0, 0.05) is 12.5 Å². The quantitative estimate of drug-likeness (QED) is 0.579. The highest BCUT2D eigenvalue weighted by atomic mass is 32.2. The average Bonchev–Trinajstić information content (AvgIpc) is 3.32. The maximum atomic E-state index is 13.0. The molecular weight excluding hydrogens is 448 g/mol. The van der Waals surface area contributed by atoms with Gasteiger partial charge in [0.1, 0.15) is 5.75 Å². The third-order valence-corrected chi connectivity index (χ3v) is 5.83. The molecule has 2 amide bonds. The number of benzene rings is 2. The van der Waals surface area contributed by atoms with Crippen LogP contribution in [0.25, 0.3) is 5.57 Å². The van der Waals surface area contributed by atoms with Crippen LogP contribution in [0.5, 0.6) is 5.75 Å². The van der Waals surface area contributed by atoms with E-state index >= 15 is 0 Å². The fourth-order valence-electron chi connectivity index (χ4n) is 3.48. The number of nitrogens with zero attached hydrogens (tertiary/aromatic N) is 1. The van der Waals surface area contributed by atoms with Crippen LogP contribution in [0.4, 0.5) is 14.5 Å². The molecule has 3 N–H and O–H groups in total. The normalized spacial score (nSPS) is 17.4. The number of primary amides is 1. The van der Waals surface area contributed by atoms with E-state index in [0.29, 0.717) is 29.5 Å². The first-order chi connectivity index (χ1) is 15.6. The number of nitrogens with two attached hydrogens (primary N) is 1. The van der Waals surface area contributed by atoms with Crippen LogP contribution in [-0.4, -0.2) is 23.1 Å². The van der Waals surface area contributed by atoms with Gasteiger partial charge in [0.25, 0.3) is 5.91 Å². The number of hydrogen-bond acceptors (Lipinski definition) is 5. The molecule has 1 aliphatic carbocycles. The third-order valence-electron chi connectivity index (χ3n) is 4.94. The van der Waals surface area contributed by atoms with Gasteiger partial charge in [0.2, 0.25) is 5.91 Å². The van der Waals surface area contributed by atoms with Crippen LogP contribution in [0, 0.1) is 5.41 Å². The summed E-state index contributed by atoms with van der Waals surface area (Å²) < 4.78 is 30.5. The van der Waals surface area contributed by atoms with E-state index in [4.69, 9.17) is 11.1 Å². The summed E-state index contributed by atoms with van der Waals surface area (Å²) >= 11 is 1.03. The summed E-state index contributed by atoms with van der Waals surface area (Å²) in [6.45, 7) is 0.640. The Morgan fingerprint density at radius 3 is 2.61 bits per heavy atom. The number of allylic oxidation sites excluding steroid dienone is 5. The zero-order valence-corrected chi connectivity index (χ0v) is 18.3. The second kappa shape index (κ2) is 8.67. The number of amides is 2. The Balaban J connectivity index is 1.47. The third kappa shape index (κ3) is 5.04. The first kappa shape index (κ1) is 22.5. The number of carbonyl (C=O) groups excluding carboxylic acids is 2. The van der Waals surface area contributed by atoms with Gasteiger partial charge < -0.3 is 10.5 Å². The molecule has 1 heterocycles. The van der Waals surface area contributed by atoms with Gasteiger partial charge in [-0.2, -0.15) is 8.78 Å². The van der Waals surface area contributed by atoms with Crippen LogP contribution in [0.1, 0.15) is 29.3 Å². The second-order valence-electron chi connectivity index (χ2n) is 7.52. The number of amidine groups is 1. The van der Waals surface area contributed by atoms with Crippen molar-refractivity contribution in [3.8, 4) is 5.75 Å². The summed E-state index contributed by atoms with van der Waals surface area (Å²) in [5.41, 5.74) is 8.90. The molecule has 2 aromatic carbocycles. The van der Waals surface area contributed by atoms with Gasteiger partial charge >= 0.3 is 6.11 Å². The smallest absolute Gasteiger partial charge is 0.394 e. The van der Waals surface area contributed by atoms with E-state index in [0.717, 1.165) is 28.5 Å². The highest BCUT2D eigenvalue weighted by Gasteiger charge is 2.34. The molecule has 0 bridgehead atoms. The van der Waals surface area contributed by atoms with Crippen molar-refractivity contribution in [3.05, 3.63) is 88.4 Å². The van der Waals surface area contributed by atoms with Crippen LogP contribution in [0.3, 0.4) is 0 Å². The Kier molecular flexibility index (Phi) is 5.90. The molecular formula is C24H19F2N3O3S. The fourth-order valence-corrected chi connectivity index (χ4v) is 4.35. The molecule has 9 heteroatoms. The number of ether oxygens (including phenoxy) is 1. The number of carbonyl (C=O) groups is 2. The lowest BCUT2D eigenvalue weighted by atomic mass is 10.0. The molecule has 0 spiro atoms. The van der Waals surface area contributed by atoms with E-state index in [1.165, 1.54) is 29.2 Å². The van der Waals surface area contributed by atoms with E-state index in [9.17, 15) is 18.4 Å². The van der Waals surface area contributed by atoms with Crippen LogP contribution in [-0.2, 0) is 4.79 Å². The van der Waals surface area contributed by atoms with Crippen LogP contribution in [0.15, 0.2) is 77.2 Å². The van der Waals surface area contributed by atoms with Gasteiger partial charge in [-0.1, -0.05) is 24.3 Å². The van der Waals surface area contributed by atoms with Crippen molar-refractivity contribution in [1.82, 2.24) is 0 Å². The van der Waals surface area contributed by atoms with Gasteiger partial charge in [0.05, 0.1) is 10.6 Å². The maximum Gasteiger partial charge on any atom is 0.394 e. The Morgan fingerprint density at radius 1 is 1.21 bits per heavy atom. The van der Waals surface area contributed by atoms with Gasteiger partial charge in [-0.05, 0) is 77.4 Å². The summed E-state index contributed by atoms with van der Waals surface area (Å²) in [5, 5.41) is 8.23. The fraction of sp³-hybridized carbons (Fsp3) is 0.125. The number of anilines is 1. The first-order valence-corrected chi connectivity index (χ1v) is 10.7. The lowest BCUT2D eigenvalue weighted by molar-refractivity contribution is -0.158. The van der Waals surface area contributed by atoms with E-state index in [1.807, 2.05) is 18.2 Å². The predicted molar refractivity (Wildman–Crippen MR) is 124 cm³/mol. The van der Waals surface area contributed by atoms with Crippen molar-refractivity contribution in [3.63, 3.8) is 0 Å². The van der Waals surface area contributed by atoms with E-state index in [1.54, 1.807) is 24.3 Å². The minimum atomic E-state index is -3.31. The summed E-state index contributed by atoms with van der Waals surface area (Å²) in [7, 11) is 0. The second-order valence-corrected chi connectivity index (χ2v) is 8.55. The molecule has 0 aromatic heterocycles. The molecule has 1 fully saturated rings. The molecule has 4 rings (SSSR count). The number of alkyl halides is 2. The molecule has 2 aromatic rings. The van der Waals surface area contributed by atoms with Crippen molar-refractivity contribution >= 4 is 40.0 Å². The molecule has 2 aliphatic rings. The zero-order valence-electron chi connectivity index (χ0n) is 17.5. The lowest BCUT2D eigenvalue weighted by Crippen LogP contribution is -2.28. The summed E-state index contributed by atoms with van der Waals surface area (Å²) in [5.74, 6) is -0.909. The Hall–Kier alpha value is -3.72. The van der Waals surface area contributed by atoms with Gasteiger partial charge in [-0.3, -0.25) is 19.9 Å². The molecule has 0 radical (unpaired) electrons. The molecule has 1 aliphatic heterocycles. The Labute approximate surface area is 192 Å². The molecule has 33 heavy (non-hydrogen) atoms. The number of hydrogen-bond donors (Lipinski definition) is 2. The van der Waals surface area contributed by atoms with Crippen molar-refractivity contribution in [2.24, 2.45) is 5.73 Å². The number of rotatable bonds is 6. The SMILES string of the molecule is CC(F)(F)Oc1ccc(N2C(=N)S/C(=C\C3=CC=C(c4cccc(C(N)=O)c4)C3)C2=O)cc1. The molecule has 168 valence electrons. The summed E-state index contributed by atoms with van der Waals surface area (Å²) in [6.07, 6.45) is 2.78. The predicted octanol–water partition coefficient (Wildman–Crippen LogP) is 5.09. The largest absolute Gasteiger partial charge is 0.433 e. The van der Waals surface area contributed by atoms with E-state index < -0.39 is 12.0 Å². The van der Waals surface area contributed by atoms with Crippen LogP contribution >= 0.6 is 11.8 Å². The standard InChI is InChI=1S/C24H19F2N3O3S/c1-24(25,26)32-19-9-7-18(8-10-19)29-22(31)20(33-23(29)28)12-14-5-6-16(11-14)15-3-2-4-17(13-15)21(27)30/h2-10,12-13,28H,11H2,1H3,(H2,27,30)/b20-12-,28-23?. The van der Waals surface area contributed by atoms with Crippen molar-refractivity contribution < 1.29 is 23.1 Å². The topological polar surface area (TPSA) is 96.5 Å². The average molecular weight is 467 g/mol. The summed E-state index contributed by atoms with van der Waals surface area (Å²) in [4.78, 5) is 26.0. The lowest BCUT2D eigenvalue weighted by Gasteiger charge is -2.16. The monoisotopic (exact) mass is 467 g/mol. The van der Waals surface area contributed by atoms with Crippen LogP contribution in [0.2, 0.25) is 0 Å². The van der Waals surface area contributed by atoms with Gasteiger partial charge in [0.15, 0.2) is 5.17 Å². The minimum Gasteiger partial charge on any atom is -0.433 e. The Morgan fingerprint density at radius 2 is 1.94 bits per heavy atom. The molecule has 1 saturated heterocycles. The van der Waals surface area contributed by atoms with Crippen molar-refractivity contribution in [2.45, 2.75) is 19.5 Å². The molecule has 0 saturated carbocycles. The number of halogens is 2. The number of nitrogens with one attached hydrogen (secondary N) is 1. The molecule has 6 nitrogen and oxygen atoms in total. The minimum absolute atomic E-state index is 0.0154. The Bertz CT molecular complexity index is 1240. The van der Waals surface area contributed by atoms with E-state index in [-0.39, 0.29) is 16.8 Å². The highest BCUT2D eigenvalue weighted by Crippen LogP contribution is 2.37. The van der Waals surface area contributed by atoms with Gasteiger partial charge in [-0.15, -0.1) is 0 Å². The zero-order chi connectivity index (χ0) is 23.8. The highest BCUT2D eigenvalue weighted by molar-refractivity contribution is 8.19. The molecule has 0 unspecified atom stereocenters.